The van der Waals surface area contributed by atoms with Crippen molar-refractivity contribution in [2.24, 2.45) is 0 Å². The number of hydrogen-bond donors (Lipinski definition) is 2. The minimum absolute atomic E-state index is 0.189. The average molecular weight is 338 g/mol. The van der Waals surface area contributed by atoms with Gasteiger partial charge < -0.3 is 10.3 Å². The molecule has 1 amide bonds. The molecule has 0 saturated heterocycles. The van der Waals surface area contributed by atoms with Gasteiger partial charge in [-0.25, -0.2) is 4.79 Å². The third kappa shape index (κ3) is 3.69. The summed E-state index contributed by atoms with van der Waals surface area (Å²) in [7, 11) is 0. The Morgan fingerprint density at radius 3 is 2.59 bits per heavy atom. The van der Waals surface area contributed by atoms with Gasteiger partial charge in [-0.05, 0) is 37.8 Å². The Balaban J connectivity index is 2.26. The van der Waals surface area contributed by atoms with E-state index < -0.39 is 5.69 Å². The first-order valence-corrected chi connectivity index (χ1v) is 8.24. The number of amides is 1. The number of halogens is 1. The van der Waals surface area contributed by atoms with Gasteiger partial charge in [0.05, 0.1) is 11.6 Å². The summed E-state index contributed by atoms with van der Waals surface area (Å²) in [5.41, 5.74) is 1.39. The van der Waals surface area contributed by atoms with Crippen LogP contribution in [0.4, 0.5) is 0 Å². The molecule has 0 radical (unpaired) electrons. The second-order valence-corrected chi connectivity index (χ2v) is 6.03. The zero-order chi connectivity index (χ0) is 16.3. The van der Waals surface area contributed by atoms with Crippen molar-refractivity contribution < 1.29 is 4.79 Å². The molecule has 0 spiro atoms. The summed E-state index contributed by atoms with van der Waals surface area (Å²) in [4.78, 5) is 30.3. The molecule has 116 valence electrons. The molecule has 1 heterocycles. The number of aryl methyl sites for hydroxylation is 1. The number of benzene rings is 1. The first-order valence-electron chi connectivity index (χ1n) is 6.63. The molecule has 7 heteroatoms. The fourth-order valence-corrected chi connectivity index (χ4v) is 2.83. The summed E-state index contributed by atoms with van der Waals surface area (Å²) in [5.74, 6) is -0.270. The van der Waals surface area contributed by atoms with Crippen molar-refractivity contribution in [3.63, 3.8) is 0 Å². The number of aromatic amines is 1. The molecular weight excluding hydrogens is 322 g/mol. The SMILES string of the molecule is CSc1nc(=O)[nH]c(C)c1C(=O)NC(C)c1ccc(Cl)cc1. The second kappa shape index (κ2) is 6.98. The molecule has 1 unspecified atom stereocenters. The van der Waals surface area contributed by atoms with Crippen molar-refractivity contribution >= 4 is 29.3 Å². The topological polar surface area (TPSA) is 74.8 Å². The van der Waals surface area contributed by atoms with Gasteiger partial charge >= 0.3 is 5.69 Å². The van der Waals surface area contributed by atoms with Crippen molar-refractivity contribution in [1.82, 2.24) is 15.3 Å². The molecular formula is C15H16ClN3O2S. The van der Waals surface area contributed by atoms with Crippen molar-refractivity contribution in [2.75, 3.05) is 6.26 Å². The van der Waals surface area contributed by atoms with E-state index >= 15 is 0 Å². The lowest BCUT2D eigenvalue weighted by Gasteiger charge is -2.16. The summed E-state index contributed by atoms with van der Waals surface area (Å²) >= 11 is 7.13. The van der Waals surface area contributed by atoms with Crippen LogP contribution in [0.25, 0.3) is 0 Å². The summed E-state index contributed by atoms with van der Waals surface area (Å²) in [6, 6.07) is 7.09. The molecule has 2 aromatic rings. The number of thioether (sulfide) groups is 1. The van der Waals surface area contributed by atoms with Crippen LogP contribution in [0.3, 0.4) is 0 Å². The van der Waals surface area contributed by atoms with Gasteiger partial charge in [-0.1, -0.05) is 23.7 Å². The third-order valence-electron chi connectivity index (χ3n) is 3.22. The van der Waals surface area contributed by atoms with E-state index in [1.807, 2.05) is 19.1 Å². The molecule has 0 bridgehead atoms. The van der Waals surface area contributed by atoms with Crippen LogP contribution < -0.4 is 11.0 Å². The van der Waals surface area contributed by atoms with Crippen molar-refractivity contribution in [3.05, 3.63) is 56.6 Å². The van der Waals surface area contributed by atoms with E-state index in [1.54, 1.807) is 25.3 Å². The maximum absolute atomic E-state index is 12.5. The molecule has 0 fully saturated rings. The largest absolute Gasteiger partial charge is 0.346 e. The number of carbonyl (C=O) groups is 1. The van der Waals surface area contributed by atoms with Crippen LogP contribution >= 0.6 is 23.4 Å². The number of carbonyl (C=O) groups excluding carboxylic acids is 1. The van der Waals surface area contributed by atoms with E-state index in [1.165, 1.54) is 11.8 Å². The Hall–Kier alpha value is -1.79. The zero-order valence-corrected chi connectivity index (χ0v) is 14.0. The number of nitrogens with one attached hydrogen (secondary N) is 2. The minimum Gasteiger partial charge on any atom is -0.345 e. The Kier molecular flexibility index (Phi) is 5.26. The molecule has 0 aliphatic heterocycles. The quantitative estimate of drug-likeness (QED) is 0.664. The highest BCUT2D eigenvalue weighted by atomic mass is 35.5. The molecule has 0 saturated carbocycles. The van der Waals surface area contributed by atoms with Crippen LogP contribution in [0.5, 0.6) is 0 Å². The fraction of sp³-hybridized carbons (Fsp3) is 0.267. The van der Waals surface area contributed by atoms with Crippen LogP contribution in [-0.4, -0.2) is 22.1 Å². The van der Waals surface area contributed by atoms with E-state index in [9.17, 15) is 9.59 Å². The van der Waals surface area contributed by atoms with Crippen molar-refractivity contribution in [3.8, 4) is 0 Å². The van der Waals surface area contributed by atoms with Gasteiger partial charge in [0, 0.05) is 10.7 Å². The first-order chi connectivity index (χ1) is 10.4. The van der Waals surface area contributed by atoms with Crippen LogP contribution in [-0.2, 0) is 0 Å². The van der Waals surface area contributed by atoms with Gasteiger partial charge in [-0.2, -0.15) is 4.98 Å². The van der Waals surface area contributed by atoms with Crippen LogP contribution in [0.15, 0.2) is 34.1 Å². The molecule has 5 nitrogen and oxygen atoms in total. The van der Waals surface area contributed by atoms with Gasteiger partial charge in [0.15, 0.2) is 0 Å². The highest BCUT2D eigenvalue weighted by Gasteiger charge is 2.19. The molecule has 1 aromatic heterocycles. The summed E-state index contributed by atoms with van der Waals surface area (Å²) in [6.07, 6.45) is 1.78. The average Bonchev–Trinajstić information content (AvgIpc) is 2.46. The highest BCUT2D eigenvalue weighted by molar-refractivity contribution is 7.98. The Morgan fingerprint density at radius 1 is 1.36 bits per heavy atom. The van der Waals surface area contributed by atoms with Crippen molar-refractivity contribution in [1.29, 1.82) is 0 Å². The summed E-state index contributed by atoms with van der Waals surface area (Å²) in [6.45, 7) is 3.57. The standard InChI is InChI=1S/C15H16ClN3O2S/c1-8(10-4-6-11(16)7-5-10)17-13(20)12-9(2)18-15(21)19-14(12)22-3/h4-8H,1-3H3,(H,17,20)(H,18,19,21). The van der Waals surface area contributed by atoms with Gasteiger partial charge in [0.25, 0.3) is 5.91 Å². The molecule has 1 atom stereocenters. The van der Waals surface area contributed by atoms with E-state index in [2.05, 4.69) is 15.3 Å². The third-order valence-corrected chi connectivity index (χ3v) is 4.16. The number of nitrogens with zero attached hydrogens (tertiary/aromatic N) is 1. The first kappa shape index (κ1) is 16.6. The Labute approximate surface area is 137 Å². The van der Waals surface area contributed by atoms with Gasteiger partial charge in [0.2, 0.25) is 0 Å². The number of aromatic nitrogens is 2. The maximum atomic E-state index is 12.5. The molecule has 0 aliphatic rings. The fourth-order valence-electron chi connectivity index (χ4n) is 2.08. The highest BCUT2D eigenvalue weighted by Crippen LogP contribution is 2.20. The Morgan fingerprint density at radius 2 is 2.00 bits per heavy atom. The predicted octanol–water partition coefficient (Wildman–Crippen LogP) is 2.94. The van der Waals surface area contributed by atoms with Gasteiger partial charge in [-0.3, -0.25) is 4.79 Å². The Bertz CT molecular complexity index is 743. The van der Waals surface area contributed by atoms with Gasteiger partial charge in [-0.15, -0.1) is 11.8 Å². The lowest BCUT2D eigenvalue weighted by Crippen LogP contribution is -2.30. The van der Waals surface area contributed by atoms with Crippen LogP contribution in [0.1, 0.15) is 34.6 Å². The summed E-state index contributed by atoms with van der Waals surface area (Å²) < 4.78 is 0. The zero-order valence-electron chi connectivity index (χ0n) is 12.4. The molecule has 0 aliphatic carbocycles. The summed E-state index contributed by atoms with van der Waals surface area (Å²) in [5, 5.41) is 3.97. The molecule has 2 rings (SSSR count). The minimum atomic E-state index is -0.454. The number of hydrogen-bond acceptors (Lipinski definition) is 4. The number of H-pyrrole nitrogens is 1. The van der Waals surface area contributed by atoms with Crippen molar-refractivity contribution in [2.45, 2.75) is 24.9 Å². The normalized spacial score (nSPS) is 12.0. The van der Waals surface area contributed by atoms with E-state index in [0.717, 1.165) is 5.56 Å². The monoisotopic (exact) mass is 337 g/mol. The van der Waals surface area contributed by atoms with Gasteiger partial charge in [0.1, 0.15) is 5.03 Å². The van der Waals surface area contributed by atoms with E-state index in [0.29, 0.717) is 21.3 Å². The molecule has 2 N–H and O–H groups in total. The molecule has 1 aromatic carbocycles. The maximum Gasteiger partial charge on any atom is 0.346 e. The van der Waals surface area contributed by atoms with E-state index in [-0.39, 0.29) is 11.9 Å². The predicted molar refractivity (Wildman–Crippen MR) is 88.7 cm³/mol. The lowest BCUT2D eigenvalue weighted by molar-refractivity contribution is 0.0935. The van der Waals surface area contributed by atoms with Crippen LogP contribution in [0, 0.1) is 6.92 Å². The molecule has 22 heavy (non-hydrogen) atoms. The van der Waals surface area contributed by atoms with Crippen LogP contribution in [0.2, 0.25) is 5.02 Å². The number of rotatable bonds is 4. The van der Waals surface area contributed by atoms with E-state index in [4.69, 9.17) is 11.6 Å². The smallest absolute Gasteiger partial charge is 0.345 e. The second-order valence-electron chi connectivity index (χ2n) is 4.80. The lowest BCUT2D eigenvalue weighted by atomic mass is 10.1.